The third kappa shape index (κ3) is 4.37. The molecule has 148 valence electrons. The van der Waals surface area contributed by atoms with Gasteiger partial charge in [-0.15, -0.1) is 0 Å². The summed E-state index contributed by atoms with van der Waals surface area (Å²) in [7, 11) is 0. The Morgan fingerprint density at radius 3 is 2.72 bits per heavy atom. The van der Waals surface area contributed by atoms with E-state index in [1.54, 1.807) is 4.90 Å². The summed E-state index contributed by atoms with van der Waals surface area (Å²) < 4.78 is 5.69. The van der Waals surface area contributed by atoms with Crippen LogP contribution in [0.3, 0.4) is 0 Å². The molecule has 1 fully saturated rings. The van der Waals surface area contributed by atoms with Crippen LogP contribution in [0.4, 0.5) is 5.82 Å². The van der Waals surface area contributed by atoms with Crippen LogP contribution in [0.2, 0.25) is 0 Å². The number of piperazine rings is 1. The maximum atomic E-state index is 12.8. The summed E-state index contributed by atoms with van der Waals surface area (Å²) in [5, 5.41) is 0.855. The van der Waals surface area contributed by atoms with Crippen molar-refractivity contribution in [2.45, 2.75) is 13.8 Å². The number of anilines is 1. The zero-order chi connectivity index (χ0) is 20.2. The molecular formula is C22H23N5O2. The quantitative estimate of drug-likeness (QED) is 0.668. The molecule has 29 heavy (non-hydrogen) atoms. The molecule has 7 heteroatoms. The van der Waals surface area contributed by atoms with E-state index in [0.717, 1.165) is 16.7 Å². The monoisotopic (exact) mass is 389 g/mol. The summed E-state index contributed by atoms with van der Waals surface area (Å²) >= 11 is 0. The van der Waals surface area contributed by atoms with Gasteiger partial charge in [0, 0.05) is 32.2 Å². The Labute approximate surface area is 170 Å². The number of aromatic nitrogens is 3. The van der Waals surface area contributed by atoms with Gasteiger partial charge in [-0.2, -0.15) is 0 Å². The molecular weight excluding hydrogens is 366 g/mol. The molecule has 2 aromatic heterocycles. The molecule has 1 saturated heterocycles. The van der Waals surface area contributed by atoms with Crippen molar-refractivity contribution >= 4 is 22.6 Å². The lowest BCUT2D eigenvalue weighted by atomic mass is 10.2. The summed E-state index contributed by atoms with van der Waals surface area (Å²) in [6.45, 7) is 7.36. The molecule has 7 nitrogen and oxygen atoms in total. The molecule has 0 spiro atoms. The van der Waals surface area contributed by atoms with Crippen LogP contribution in [0.1, 0.15) is 24.3 Å². The van der Waals surface area contributed by atoms with Gasteiger partial charge in [-0.3, -0.25) is 4.79 Å². The molecule has 3 heterocycles. The molecule has 0 N–H and O–H groups in total. The minimum atomic E-state index is -0.115. The van der Waals surface area contributed by atoms with E-state index < -0.39 is 0 Å². The van der Waals surface area contributed by atoms with E-state index in [0.29, 0.717) is 50.3 Å². The Hall–Kier alpha value is -3.40. The highest BCUT2D eigenvalue weighted by atomic mass is 16.5. The highest BCUT2D eigenvalue weighted by molar-refractivity contribution is 5.93. The molecule has 1 aliphatic rings. The Morgan fingerprint density at radius 2 is 1.93 bits per heavy atom. The predicted octanol–water partition coefficient (Wildman–Crippen LogP) is 2.62. The summed E-state index contributed by atoms with van der Waals surface area (Å²) in [6, 6.07) is 15.4. The highest BCUT2D eigenvalue weighted by Gasteiger charge is 2.24. The largest absolute Gasteiger partial charge is 0.477 e. The minimum absolute atomic E-state index is 0.115. The van der Waals surface area contributed by atoms with Crippen LogP contribution >= 0.6 is 0 Å². The van der Waals surface area contributed by atoms with Gasteiger partial charge in [0.15, 0.2) is 5.69 Å². The summed E-state index contributed by atoms with van der Waals surface area (Å²) in [6.07, 6.45) is 1.52. The van der Waals surface area contributed by atoms with Gasteiger partial charge < -0.3 is 14.5 Å². The lowest BCUT2D eigenvalue weighted by molar-refractivity contribution is 0.0741. The molecule has 4 rings (SSSR count). The van der Waals surface area contributed by atoms with Gasteiger partial charge in [0.2, 0.25) is 5.88 Å². The SMILES string of the molecule is CC(C)COc1cc(N2CCN(C(=O)c3c#cc4ccccc4n3)CC2)ncn1. The van der Waals surface area contributed by atoms with Crippen LogP contribution in [0.15, 0.2) is 36.7 Å². The second kappa shape index (κ2) is 8.31. The van der Waals surface area contributed by atoms with Crippen LogP contribution in [-0.4, -0.2) is 58.5 Å². The maximum Gasteiger partial charge on any atom is 0.281 e. The number of carbonyl (C=O) groups excluding carboxylic acids is 1. The first kappa shape index (κ1) is 18.9. The number of amides is 1. The number of hydrogen-bond donors (Lipinski definition) is 0. The van der Waals surface area contributed by atoms with E-state index in [1.807, 2.05) is 30.3 Å². The fourth-order valence-electron chi connectivity index (χ4n) is 3.18. The first-order valence-corrected chi connectivity index (χ1v) is 9.79. The molecule has 1 amide bonds. The second-order valence-electron chi connectivity index (χ2n) is 7.43. The van der Waals surface area contributed by atoms with Crippen molar-refractivity contribution in [3.63, 3.8) is 0 Å². The molecule has 1 aliphatic heterocycles. The third-order valence-electron chi connectivity index (χ3n) is 4.74. The van der Waals surface area contributed by atoms with E-state index >= 15 is 0 Å². The zero-order valence-corrected chi connectivity index (χ0v) is 16.6. The van der Waals surface area contributed by atoms with Crippen LogP contribution in [-0.2, 0) is 0 Å². The number of para-hydroxylation sites is 1. The number of benzene rings is 1. The van der Waals surface area contributed by atoms with Crippen LogP contribution in [0.5, 0.6) is 5.88 Å². The van der Waals surface area contributed by atoms with Crippen molar-refractivity contribution in [2.24, 2.45) is 5.92 Å². The van der Waals surface area contributed by atoms with Gasteiger partial charge >= 0.3 is 0 Å². The van der Waals surface area contributed by atoms with Crippen LogP contribution in [0, 0.1) is 18.1 Å². The minimum Gasteiger partial charge on any atom is -0.477 e. The number of carbonyl (C=O) groups is 1. The molecule has 3 aromatic rings. The number of ether oxygens (including phenoxy) is 1. The van der Waals surface area contributed by atoms with Gasteiger partial charge in [0.05, 0.1) is 17.5 Å². The first-order valence-electron chi connectivity index (χ1n) is 9.79. The van der Waals surface area contributed by atoms with E-state index in [1.165, 1.54) is 6.33 Å². The number of rotatable bonds is 5. The van der Waals surface area contributed by atoms with Crippen LogP contribution < -0.4 is 9.64 Å². The number of fused-ring (bicyclic) bond motifs is 1. The van der Waals surface area contributed by atoms with Crippen molar-refractivity contribution < 1.29 is 9.53 Å². The van der Waals surface area contributed by atoms with Crippen molar-refractivity contribution in [1.82, 2.24) is 19.9 Å². The van der Waals surface area contributed by atoms with Crippen molar-refractivity contribution in [1.29, 1.82) is 0 Å². The molecule has 1 aromatic carbocycles. The summed E-state index contributed by atoms with van der Waals surface area (Å²) in [5.74, 6) is 1.71. The number of hydrogen-bond acceptors (Lipinski definition) is 6. The van der Waals surface area contributed by atoms with Gasteiger partial charge in [-0.05, 0) is 24.1 Å². The Morgan fingerprint density at radius 1 is 1.14 bits per heavy atom. The third-order valence-corrected chi connectivity index (χ3v) is 4.74. The first-order chi connectivity index (χ1) is 14.1. The zero-order valence-electron chi connectivity index (χ0n) is 16.6. The van der Waals surface area contributed by atoms with E-state index in [9.17, 15) is 4.79 Å². The van der Waals surface area contributed by atoms with Crippen molar-refractivity contribution in [3.05, 3.63) is 54.5 Å². The Kier molecular flexibility index (Phi) is 5.43. The molecule has 0 bridgehead atoms. The number of nitrogens with zero attached hydrogens (tertiary/aromatic N) is 5. The average molecular weight is 389 g/mol. The fraction of sp³-hybridized carbons (Fsp3) is 0.364. The van der Waals surface area contributed by atoms with E-state index in [2.05, 4.69) is 45.8 Å². The molecule has 0 aliphatic carbocycles. The van der Waals surface area contributed by atoms with Crippen molar-refractivity contribution in [3.8, 4) is 5.88 Å². The summed E-state index contributed by atoms with van der Waals surface area (Å²) in [4.78, 5) is 29.8. The van der Waals surface area contributed by atoms with Crippen molar-refractivity contribution in [2.75, 3.05) is 37.7 Å². The smallest absolute Gasteiger partial charge is 0.281 e. The maximum absolute atomic E-state index is 12.8. The fourth-order valence-corrected chi connectivity index (χ4v) is 3.18. The highest BCUT2D eigenvalue weighted by Crippen LogP contribution is 2.19. The van der Waals surface area contributed by atoms with E-state index in [-0.39, 0.29) is 5.91 Å². The van der Waals surface area contributed by atoms with Gasteiger partial charge in [-0.25, -0.2) is 15.0 Å². The standard InChI is InChI=1S/C22H23N5O2/c1-16(2)14-29-21-13-20(23-15-24-21)26-9-11-27(12-10-26)22(28)19-8-7-17-5-3-4-6-18(17)25-19/h3-6,13,15-16H,9-12,14H2,1-2H3. The average Bonchev–Trinajstić information content (AvgIpc) is 2.77. The normalized spacial score (nSPS) is 14.2. The predicted molar refractivity (Wildman–Crippen MR) is 110 cm³/mol. The van der Waals surface area contributed by atoms with Crippen LogP contribution in [0.25, 0.3) is 10.9 Å². The molecule has 0 unspecified atom stereocenters. The summed E-state index contributed by atoms with van der Waals surface area (Å²) in [5.41, 5.74) is 1.06. The van der Waals surface area contributed by atoms with Gasteiger partial charge in [-0.1, -0.05) is 32.0 Å². The lowest BCUT2D eigenvalue weighted by Crippen LogP contribution is -2.49. The molecule has 0 radical (unpaired) electrons. The topological polar surface area (TPSA) is 71.5 Å². The van der Waals surface area contributed by atoms with Gasteiger partial charge in [0.25, 0.3) is 5.91 Å². The molecule has 0 saturated carbocycles. The van der Waals surface area contributed by atoms with E-state index in [4.69, 9.17) is 4.74 Å². The lowest BCUT2D eigenvalue weighted by Gasteiger charge is -2.35. The Balaban J connectivity index is 1.39. The molecule has 0 atom stereocenters. The van der Waals surface area contributed by atoms with Gasteiger partial charge in [0.1, 0.15) is 12.1 Å². The Bertz CT molecular complexity index is 999. The second-order valence-corrected chi connectivity index (χ2v) is 7.43.